The van der Waals surface area contributed by atoms with Crippen LogP contribution in [0.3, 0.4) is 0 Å². The fourth-order valence-corrected chi connectivity index (χ4v) is 1.99. The highest BCUT2D eigenvalue weighted by atomic mass is 19.3. The highest BCUT2D eigenvalue weighted by Crippen LogP contribution is 2.30. The minimum atomic E-state index is -2.88. The van der Waals surface area contributed by atoms with Crippen molar-refractivity contribution in [2.45, 2.75) is 53.8 Å². The van der Waals surface area contributed by atoms with Gasteiger partial charge in [0.2, 0.25) is 0 Å². The van der Waals surface area contributed by atoms with Crippen LogP contribution in [0, 0.1) is 5.92 Å². The maximum absolute atomic E-state index is 12.5. The first kappa shape index (κ1) is 21.0. The Kier molecular flexibility index (Phi) is 9.02. The van der Waals surface area contributed by atoms with E-state index in [1.54, 1.807) is 19.1 Å². The van der Waals surface area contributed by atoms with E-state index in [4.69, 9.17) is 4.74 Å². The maximum atomic E-state index is 12.5. The molecule has 0 aromatic heterocycles. The van der Waals surface area contributed by atoms with E-state index in [1.807, 2.05) is 6.92 Å². The lowest BCUT2D eigenvalue weighted by atomic mass is 10.1. The number of benzene rings is 1. The molecule has 2 N–H and O–H groups in total. The fraction of sp³-hybridized carbons (Fsp3) is 0.611. The highest BCUT2D eigenvalue weighted by Gasteiger charge is 2.12. The largest absolute Gasteiger partial charge is 0.490 e. The first-order valence-electron chi connectivity index (χ1n) is 8.62. The van der Waals surface area contributed by atoms with Crippen molar-refractivity contribution in [3.05, 3.63) is 23.8 Å². The summed E-state index contributed by atoms with van der Waals surface area (Å²) in [7, 11) is 0. The van der Waals surface area contributed by atoms with Gasteiger partial charge in [-0.05, 0) is 44.4 Å². The van der Waals surface area contributed by atoms with E-state index in [2.05, 4.69) is 41.1 Å². The Balaban J connectivity index is 2.89. The summed E-state index contributed by atoms with van der Waals surface area (Å²) in [5, 5.41) is 6.55. The molecule has 1 aromatic rings. The van der Waals surface area contributed by atoms with Gasteiger partial charge < -0.3 is 20.1 Å². The number of halogens is 2. The number of hydrogen-bond acceptors (Lipinski definition) is 3. The molecule has 1 atom stereocenters. The molecule has 1 rings (SSSR count). The summed E-state index contributed by atoms with van der Waals surface area (Å²) in [6.45, 7) is 8.79. The molecule has 0 spiro atoms. The van der Waals surface area contributed by atoms with Gasteiger partial charge in [-0.15, -0.1) is 0 Å². The molecule has 1 aromatic carbocycles. The topological polar surface area (TPSA) is 54.9 Å². The van der Waals surface area contributed by atoms with Crippen LogP contribution in [0.1, 0.15) is 40.2 Å². The lowest BCUT2D eigenvalue weighted by molar-refractivity contribution is -0.0514. The van der Waals surface area contributed by atoms with Gasteiger partial charge >= 0.3 is 6.61 Å². The average molecular weight is 357 g/mol. The Bertz CT molecular complexity index is 551. The monoisotopic (exact) mass is 357 g/mol. The van der Waals surface area contributed by atoms with Gasteiger partial charge in [0.1, 0.15) is 0 Å². The van der Waals surface area contributed by atoms with Crippen LogP contribution in [0.25, 0.3) is 0 Å². The molecule has 0 aliphatic carbocycles. The van der Waals surface area contributed by atoms with Gasteiger partial charge in [-0.2, -0.15) is 8.78 Å². The van der Waals surface area contributed by atoms with E-state index < -0.39 is 6.61 Å². The van der Waals surface area contributed by atoms with Crippen LogP contribution in [0.15, 0.2) is 23.2 Å². The highest BCUT2D eigenvalue weighted by molar-refractivity contribution is 5.80. The quantitative estimate of drug-likeness (QED) is 0.522. The smallest absolute Gasteiger partial charge is 0.387 e. The zero-order valence-corrected chi connectivity index (χ0v) is 15.6. The second-order valence-corrected chi connectivity index (χ2v) is 5.96. The number of guanidine groups is 1. The summed E-state index contributed by atoms with van der Waals surface area (Å²) < 4.78 is 34.8. The summed E-state index contributed by atoms with van der Waals surface area (Å²) in [6.07, 6.45) is 0. The second-order valence-electron chi connectivity index (χ2n) is 5.96. The van der Waals surface area contributed by atoms with Gasteiger partial charge in [-0.1, -0.05) is 19.9 Å². The predicted molar refractivity (Wildman–Crippen MR) is 96.5 cm³/mol. The van der Waals surface area contributed by atoms with Crippen LogP contribution in [0.5, 0.6) is 11.5 Å². The lowest BCUT2D eigenvalue weighted by Gasteiger charge is -2.20. The summed E-state index contributed by atoms with van der Waals surface area (Å²) in [6, 6.07) is 5.15. The third-order valence-electron chi connectivity index (χ3n) is 3.65. The number of ether oxygens (including phenoxy) is 2. The maximum Gasteiger partial charge on any atom is 0.387 e. The van der Waals surface area contributed by atoms with Crippen LogP contribution in [-0.2, 0) is 6.54 Å². The third kappa shape index (κ3) is 7.58. The fourth-order valence-electron chi connectivity index (χ4n) is 1.99. The molecule has 142 valence electrons. The second kappa shape index (κ2) is 10.7. The molecule has 0 aliphatic heterocycles. The normalized spacial score (nSPS) is 13.1. The zero-order valence-electron chi connectivity index (χ0n) is 15.6. The van der Waals surface area contributed by atoms with E-state index in [9.17, 15) is 8.78 Å². The Morgan fingerprint density at radius 2 is 1.88 bits per heavy atom. The first-order valence-corrected chi connectivity index (χ1v) is 8.62. The molecule has 0 amide bonds. The van der Waals surface area contributed by atoms with E-state index in [0.717, 1.165) is 18.1 Å². The number of nitrogens with one attached hydrogen (secondary N) is 2. The van der Waals surface area contributed by atoms with Crippen LogP contribution in [-0.4, -0.2) is 31.8 Å². The number of nitrogens with zero attached hydrogens (tertiary/aromatic N) is 1. The van der Waals surface area contributed by atoms with Crippen molar-refractivity contribution >= 4 is 5.96 Å². The zero-order chi connectivity index (χ0) is 18.8. The Morgan fingerprint density at radius 3 is 2.44 bits per heavy atom. The summed E-state index contributed by atoms with van der Waals surface area (Å²) in [5.74, 6) is 1.51. The number of aliphatic imine (C=N–C) groups is 1. The molecular formula is C18H29F2N3O2. The van der Waals surface area contributed by atoms with E-state index in [-0.39, 0.29) is 11.8 Å². The summed E-state index contributed by atoms with van der Waals surface area (Å²) in [5.41, 5.74) is 0.847. The van der Waals surface area contributed by atoms with Gasteiger partial charge in [-0.3, -0.25) is 0 Å². The third-order valence-corrected chi connectivity index (χ3v) is 3.65. The van der Waals surface area contributed by atoms with Gasteiger partial charge in [-0.25, -0.2) is 4.99 Å². The van der Waals surface area contributed by atoms with Crippen molar-refractivity contribution in [3.63, 3.8) is 0 Å². The first-order chi connectivity index (χ1) is 11.9. The van der Waals surface area contributed by atoms with Gasteiger partial charge in [0.25, 0.3) is 0 Å². The standard InChI is InChI=1S/C18H29F2N3O2/c1-6-21-18(23-13(5)12(3)4)22-11-14-8-9-15(25-17(19)20)16(10-14)24-7-2/h8-10,12-13,17H,6-7,11H2,1-5H3,(H2,21,22,23). The van der Waals surface area contributed by atoms with E-state index in [1.165, 1.54) is 6.07 Å². The molecule has 0 bridgehead atoms. The van der Waals surface area contributed by atoms with Gasteiger partial charge in [0, 0.05) is 12.6 Å². The van der Waals surface area contributed by atoms with Crippen LogP contribution < -0.4 is 20.1 Å². The SMILES string of the molecule is CCNC(=NCc1ccc(OC(F)F)c(OCC)c1)NC(C)C(C)C. The molecule has 0 fully saturated rings. The van der Waals surface area contributed by atoms with Gasteiger partial charge in [0.05, 0.1) is 13.2 Å². The molecular weight excluding hydrogens is 328 g/mol. The van der Waals surface area contributed by atoms with Crippen molar-refractivity contribution in [3.8, 4) is 11.5 Å². The van der Waals surface area contributed by atoms with Crippen molar-refractivity contribution in [1.82, 2.24) is 10.6 Å². The number of alkyl halides is 2. The number of rotatable bonds is 9. The van der Waals surface area contributed by atoms with Crippen LogP contribution in [0.4, 0.5) is 8.78 Å². The van der Waals surface area contributed by atoms with E-state index >= 15 is 0 Å². The van der Waals surface area contributed by atoms with Crippen molar-refractivity contribution in [2.75, 3.05) is 13.2 Å². The Hall–Kier alpha value is -2.05. The lowest BCUT2D eigenvalue weighted by Crippen LogP contribution is -2.44. The minimum Gasteiger partial charge on any atom is -0.490 e. The molecule has 1 unspecified atom stereocenters. The molecule has 7 heteroatoms. The number of hydrogen-bond donors (Lipinski definition) is 2. The molecule has 25 heavy (non-hydrogen) atoms. The van der Waals surface area contributed by atoms with Crippen LogP contribution in [0.2, 0.25) is 0 Å². The van der Waals surface area contributed by atoms with Gasteiger partial charge in [0.15, 0.2) is 17.5 Å². The molecule has 0 saturated carbocycles. The Labute approximate surface area is 148 Å². The summed E-state index contributed by atoms with van der Waals surface area (Å²) in [4.78, 5) is 4.55. The Morgan fingerprint density at radius 1 is 1.16 bits per heavy atom. The summed E-state index contributed by atoms with van der Waals surface area (Å²) >= 11 is 0. The van der Waals surface area contributed by atoms with Crippen molar-refractivity contribution in [2.24, 2.45) is 10.9 Å². The van der Waals surface area contributed by atoms with E-state index in [0.29, 0.717) is 24.8 Å². The van der Waals surface area contributed by atoms with Crippen LogP contribution >= 0.6 is 0 Å². The predicted octanol–water partition coefficient (Wildman–Crippen LogP) is 3.79. The molecule has 0 radical (unpaired) electrons. The molecule has 5 nitrogen and oxygen atoms in total. The molecule has 0 heterocycles. The van der Waals surface area contributed by atoms with Crippen molar-refractivity contribution in [1.29, 1.82) is 0 Å². The van der Waals surface area contributed by atoms with Crippen molar-refractivity contribution < 1.29 is 18.3 Å². The minimum absolute atomic E-state index is 0.0306. The average Bonchev–Trinajstić information content (AvgIpc) is 2.54. The molecule has 0 aliphatic rings. The molecule has 0 saturated heterocycles.